The van der Waals surface area contributed by atoms with Crippen LogP contribution in [0.1, 0.15) is 29.8 Å². The summed E-state index contributed by atoms with van der Waals surface area (Å²) in [5.74, 6) is -0.0742. The van der Waals surface area contributed by atoms with Crippen LogP contribution in [0.5, 0.6) is 0 Å². The Labute approximate surface area is 111 Å². The highest BCUT2D eigenvalue weighted by atomic mass is 35.5. The summed E-state index contributed by atoms with van der Waals surface area (Å²) >= 11 is 6.06. The van der Waals surface area contributed by atoms with Crippen LogP contribution in [0.25, 0.3) is 0 Å². The van der Waals surface area contributed by atoms with Gasteiger partial charge in [0.25, 0.3) is 0 Å². The normalized spacial score (nSPS) is 17.5. The lowest BCUT2D eigenvalue weighted by Gasteiger charge is -2.38. The molecule has 0 spiro atoms. The summed E-state index contributed by atoms with van der Waals surface area (Å²) in [4.78, 5) is 12.5. The van der Waals surface area contributed by atoms with Gasteiger partial charge in [-0.2, -0.15) is 5.10 Å². The van der Waals surface area contributed by atoms with Crippen LogP contribution in [0.4, 0.5) is 0 Å². The fourth-order valence-corrected chi connectivity index (χ4v) is 2.40. The van der Waals surface area contributed by atoms with Gasteiger partial charge in [-0.05, 0) is 19.3 Å². The zero-order valence-electron chi connectivity index (χ0n) is 10.6. The van der Waals surface area contributed by atoms with Crippen LogP contribution in [0.2, 0.25) is 5.02 Å². The minimum absolute atomic E-state index is 0.0742. The zero-order chi connectivity index (χ0) is 13.2. The maximum absolute atomic E-state index is 12.5. The summed E-state index contributed by atoms with van der Waals surface area (Å²) in [6.07, 6.45) is 3.98. The Hall–Kier alpha value is -0.910. The van der Waals surface area contributed by atoms with Crippen LogP contribution < -0.4 is 0 Å². The highest BCUT2D eigenvalue weighted by Gasteiger charge is 2.46. The summed E-state index contributed by atoms with van der Waals surface area (Å²) in [5, 5.41) is 4.48. The molecule has 1 aliphatic rings. The van der Waals surface area contributed by atoms with Crippen LogP contribution in [-0.2, 0) is 16.0 Å². The van der Waals surface area contributed by atoms with Crippen molar-refractivity contribution in [3.63, 3.8) is 0 Å². The number of aromatic nitrogens is 2. The molecule has 1 aliphatic carbocycles. The summed E-state index contributed by atoms with van der Waals surface area (Å²) < 4.78 is 12.0. The maximum atomic E-state index is 12.5. The second-order valence-electron chi connectivity index (χ2n) is 4.44. The average molecular weight is 273 g/mol. The molecule has 0 N–H and O–H groups in total. The van der Waals surface area contributed by atoms with E-state index in [1.165, 1.54) is 6.20 Å². The van der Waals surface area contributed by atoms with E-state index in [2.05, 4.69) is 5.10 Å². The van der Waals surface area contributed by atoms with Crippen LogP contribution in [0.15, 0.2) is 6.20 Å². The van der Waals surface area contributed by atoms with Gasteiger partial charge in [0.15, 0.2) is 0 Å². The first-order valence-corrected chi connectivity index (χ1v) is 6.32. The molecule has 0 amide bonds. The van der Waals surface area contributed by atoms with Crippen molar-refractivity contribution in [3.05, 3.63) is 16.9 Å². The van der Waals surface area contributed by atoms with Crippen LogP contribution in [0, 0.1) is 0 Å². The summed E-state index contributed by atoms with van der Waals surface area (Å²) in [7, 11) is 3.18. The first kappa shape index (κ1) is 13.5. The molecule has 1 fully saturated rings. The molecular formula is C12H17ClN2O3. The average Bonchev–Trinajstić information content (AvgIpc) is 2.67. The molecule has 18 heavy (non-hydrogen) atoms. The molecule has 0 aromatic carbocycles. The Morgan fingerprint density at radius 2 is 2.28 bits per heavy atom. The minimum Gasteiger partial charge on any atom is -0.383 e. The van der Waals surface area contributed by atoms with Crippen molar-refractivity contribution >= 4 is 17.4 Å². The lowest BCUT2D eigenvalue weighted by Crippen LogP contribution is -2.48. The van der Waals surface area contributed by atoms with E-state index in [0.717, 1.165) is 19.3 Å². The minimum atomic E-state index is -0.700. The van der Waals surface area contributed by atoms with E-state index in [1.54, 1.807) is 18.9 Å². The molecule has 1 aromatic heterocycles. The molecule has 1 saturated carbocycles. The molecule has 0 radical (unpaired) electrons. The van der Waals surface area contributed by atoms with Gasteiger partial charge in [0.1, 0.15) is 11.3 Å². The van der Waals surface area contributed by atoms with Crippen molar-refractivity contribution in [3.8, 4) is 0 Å². The summed E-state index contributed by atoms with van der Waals surface area (Å²) in [6, 6.07) is 0. The molecular weight excluding hydrogens is 256 g/mol. The molecule has 2 rings (SSSR count). The van der Waals surface area contributed by atoms with Crippen LogP contribution in [-0.4, -0.2) is 42.0 Å². The number of hydrogen-bond donors (Lipinski definition) is 0. The van der Waals surface area contributed by atoms with Crippen LogP contribution in [0.3, 0.4) is 0 Å². The molecule has 0 unspecified atom stereocenters. The highest BCUT2D eigenvalue weighted by Crippen LogP contribution is 2.39. The molecule has 100 valence electrons. The number of halogens is 1. The third-order valence-electron chi connectivity index (χ3n) is 3.48. The topological polar surface area (TPSA) is 53.4 Å². The van der Waals surface area contributed by atoms with Crippen molar-refractivity contribution in [1.29, 1.82) is 0 Å². The number of hydrogen-bond acceptors (Lipinski definition) is 4. The Bertz CT molecular complexity index is 435. The molecule has 0 aliphatic heterocycles. The first-order chi connectivity index (χ1) is 8.64. The Morgan fingerprint density at radius 1 is 1.56 bits per heavy atom. The summed E-state index contributed by atoms with van der Waals surface area (Å²) in [5.41, 5.74) is -0.274. The third kappa shape index (κ3) is 2.18. The number of ketones is 1. The monoisotopic (exact) mass is 272 g/mol. The van der Waals surface area contributed by atoms with E-state index >= 15 is 0 Å². The van der Waals surface area contributed by atoms with Crippen molar-refractivity contribution < 1.29 is 14.3 Å². The quantitative estimate of drug-likeness (QED) is 0.743. The van der Waals surface area contributed by atoms with E-state index in [0.29, 0.717) is 23.9 Å². The number of methoxy groups -OCH3 is 2. The second kappa shape index (κ2) is 5.38. The Balaban J connectivity index is 2.26. The fraction of sp³-hybridized carbons (Fsp3) is 0.667. The van der Waals surface area contributed by atoms with Gasteiger partial charge in [0, 0.05) is 14.2 Å². The molecule has 1 aromatic rings. The summed E-state index contributed by atoms with van der Waals surface area (Å²) in [6.45, 7) is 0.988. The predicted molar refractivity (Wildman–Crippen MR) is 67.0 cm³/mol. The van der Waals surface area contributed by atoms with Gasteiger partial charge in [-0.1, -0.05) is 11.6 Å². The standard InChI is InChI=1S/C12H17ClN2O3/c1-17-7-6-15-10(9(13)8-14-15)11(16)12(18-2)4-3-5-12/h8H,3-7H2,1-2H3. The second-order valence-corrected chi connectivity index (χ2v) is 4.85. The molecule has 5 nitrogen and oxygen atoms in total. The van der Waals surface area contributed by atoms with E-state index < -0.39 is 5.60 Å². The number of Topliss-reactive ketones (excluding diaryl/α,β-unsaturated/α-hetero) is 1. The van der Waals surface area contributed by atoms with Crippen molar-refractivity contribution in [1.82, 2.24) is 9.78 Å². The number of nitrogens with zero attached hydrogens (tertiary/aromatic N) is 2. The highest BCUT2D eigenvalue weighted by molar-refractivity contribution is 6.34. The third-order valence-corrected chi connectivity index (χ3v) is 3.76. The maximum Gasteiger partial charge on any atom is 0.214 e. The molecule has 0 bridgehead atoms. The number of rotatable bonds is 6. The number of carbonyl (C=O) groups excluding carboxylic acids is 1. The fourth-order valence-electron chi connectivity index (χ4n) is 2.17. The van der Waals surface area contributed by atoms with Gasteiger partial charge in [0.05, 0.1) is 24.4 Å². The lowest BCUT2D eigenvalue weighted by atomic mass is 9.76. The van der Waals surface area contributed by atoms with E-state index in [1.807, 2.05) is 0 Å². The molecule has 1 heterocycles. The van der Waals surface area contributed by atoms with Crippen molar-refractivity contribution in [2.45, 2.75) is 31.4 Å². The SMILES string of the molecule is COCCn1ncc(Cl)c1C(=O)C1(OC)CCC1. The largest absolute Gasteiger partial charge is 0.383 e. The van der Waals surface area contributed by atoms with Crippen molar-refractivity contribution in [2.24, 2.45) is 0 Å². The van der Waals surface area contributed by atoms with E-state index in [9.17, 15) is 4.79 Å². The smallest absolute Gasteiger partial charge is 0.214 e. The first-order valence-electron chi connectivity index (χ1n) is 5.95. The Morgan fingerprint density at radius 3 is 2.78 bits per heavy atom. The zero-order valence-corrected chi connectivity index (χ0v) is 11.4. The number of ether oxygens (including phenoxy) is 2. The molecule has 6 heteroatoms. The lowest BCUT2D eigenvalue weighted by molar-refractivity contribution is -0.0455. The van der Waals surface area contributed by atoms with Crippen LogP contribution >= 0.6 is 11.6 Å². The molecule has 0 saturated heterocycles. The van der Waals surface area contributed by atoms with Gasteiger partial charge < -0.3 is 9.47 Å². The van der Waals surface area contributed by atoms with Gasteiger partial charge in [-0.25, -0.2) is 0 Å². The van der Waals surface area contributed by atoms with E-state index in [-0.39, 0.29) is 5.78 Å². The van der Waals surface area contributed by atoms with Gasteiger partial charge >= 0.3 is 0 Å². The van der Waals surface area contributed by atoms with Gasteiger partial charge in [-0.3, -0.25) is 9.48 Å². The predicted octanol–water partition coefficient (Wildman–Crippen LogP) is 1.93. The van der Waals surface area contributed by atoms with Gasteiger partial charge in [-0.15, -0.1) is 0 Å². The Kier molecular flexibility index (Phi) is 4.04. The van der Waals surface area contributed by atoms with Crippen molar-refractivity contribution in [2.75, 3.05) is 20.8 Å². The molecule has 0 atom stereocenters. The van der Waals surface area contributed by atoms with Gasteiger partial charge in [0.2, 0.25) is 5.78 Å². The van der Waals surface area contributed by atoms with E-state index in [4.69, 9.17) is 21.1 Å². The number of carbonyl (C=O) groups is 1.